The van der Waals surface area contributed by atoms with Gasteiger partial charge in [0.1, 0.15) is 11.9 Å². The molecular formula is C12H16ClNO2. The van der Waals surface area contributed by atoms with E-state index in [4.69, 9.17) is 16.3 Å². The van der Waals surface area contributed by atoms with Crippen LogP contribution in [0.4, 0.5) is 0 Å². The molecule has 0 radical (unpaired) electrons. The number of aliphatic hydroxyl groups excluding tert-OH is 1. The summed E-state index contributed by atoms with van der Waals surface area (Å²) in [5, 5.41) is 9.97. The van der Waals surface area contributed by atoms with E-state index in [0.29, 0.717) is 10.8 Å². The SMILES string of the molecule is CC(O)c1ccc(OC2CN(C)C2)c(Cl)c1. The Hall–Kier alpha value is -0.770. The van der Waals surface area contributed by atoms with Gasteiger partial charge in [0, 0.05) is 13.1 Å². The van der Waals surface area contributed by atoms with E-state index in [-0.39, 0.29) is 6.10 Å². The molecule has 1 aromatic rings. The topological polar surface area (TPSA) is 32.7 Å². The molecule has 1 heterocycles. The largest absolute Gasteiger partial charge is 0.486 e. The molecule has 0 spiro atoms. The van der Waals surface area contributed by atoms with Crippen LogP contribution < -0.4 is 4.74 Å². The van der Waals surface area contributed by atoms with E-state index in [1.807, 2.05) is 12.1 Å². The smallest absolute Gasteiger partial charge is 0.138 e. The summed E-state index contributed by atoms with van der Waals surface area (Å²) in [7, 11) is 2.05. The van der Waals surface area contributed by atoms with E-state index >= 15 is 0 Å². The summed E-state index contributed by atoms with van der Waals surface area (Å²) in [6, 6.07) is 5.42. The molecule has 0 saturated carbocycles. The van der Waals surface area contributed by atoms with Crippen LogP contribution in [-0.4, -0.2) is 36.2 Å². The maximum Gasteiger partial charge on any atom is 0.138 e. The fourth-order valence-electron chi connectivity index (χ4n) is 1.77. The third kappa shape index (κ3) is 2.48. The van der Waals surface area contributed by atoms with E-state index in [2.05, 4.69) is 11.9 Å². The van der Waals surface area contributed by atoms with Crippen molar-refractivity contribution in [3.05, 3.63) is 28.8 Å². The Labute approximate surface area is 101 Å². The molecule has 1 atom stereocenters. The predicted molar refractivity (Wildman–Crippen MR) is 64.0 cm³/mol. The molecule has 1 fully saturated rings. The number of rotatable bonds is 3. The van der Waals surface area contributed by atoms with Gasteiger partial charge < -0.3 is 9.84 Å². The molecule has 3 nitrogen and oxygen atoms in total. The van der Waals surface area contributed by atoms with Crippen LogP contribution in [0.1, 0.15) is 18.6 Å². The molecule has 0 aromatic heterocycles. The highest BCUT2D eigenvalue weighted by Gasteiger charge is 2.25. The maximum absolute atomic E-state index is 9.41. The lowest BCUT2D eigenvalue weighted by atomic mass is 10.1. The fourth-order valence-corrected chi connectivity index (χ4v) is 2.00. The molecule has 1 saturated heterocycles. The summed E-state index contributed by atoms with van der Waals surface area (Å²) in [5.41, 5.74) is 0.808. The summed E-state index contributed by atoms with van der Waals surface area (Å²) in [6.07, 6.45) is -0.263. The van der Waals surface area contributed by atoms with Gasteiger partial charge in [-0.3, -0.25) is 4.90 Å². The minimum absolute atomic E-state index is 0.236. The molecule has 1 aliphatic rings. The quantitative estimate of drug-likeness (QED) is 0.880. The highest BCUT2D eigenvalue weighted by molar-refractivity contribution is 6.32. The predicted octanol–water partition coefficient (Wildman–Crippen LogP) is 2.09. The van der Waals surface area contributed by atoms with Crippen molar-refractivity contribution in [3.63, 3.8) is 0 Å². The number of nitrogens with zero attached hydrogens (tertiary/aromatic N) is 1. The number of benzene rings is 1. The van der Waals surface area contributed by atoms with Crippen molar-refractivity contribution < 1.29 is 9.84 Å². The Bertz CT molecular complexity index is 375. The van der Waals surface area contributed by atoms with Crippen molar-refractivity contribution in [2.24, 2.45) is 0 Å². The van der Waals surface area contributed by atoms with Gasteiger partial charge in [-0.25, -0.2) is 0 Å². The summed E-state index contributed by atoms with van der Waals surface area (Å²) < 4.78 is 5.73. The Balaban J connectivity index is 2.05. The van der Waals surface area contributed by atoms with Crippen molar-refractivity contribution in [3.8, 4) is 5.75 Å². The second-order valence-corrected chi connectivity index (χ2v) is 4.73. The second-order valence-electron chi connectivity index (χ2n) is 4.33. The highest BCUT2D eigenvalue weighted by Crippen LogP contribution is 2.29. The molecule has 1 aromatic carbocycles. The first-order valence-electron chi connectivity index (χ1n) is 5.39. The summed E-state index contributed by atoms with van der Waals surface area (Å²) in [5.74, 6) is 0.698. The molecule has 1 N–H and O–H groups in total. The van der Waals surface area contributed by atoms with Gasteiger partial charge >= 0.3 is 0 Å². The second kappa shape index (κ2) is 4.62. The van der Waals surface area contributed by atoms with Crippen LogP contribution in [0.3, 0.4) is 0 Å². The first-order valence-corrected chi connectivity index (χ1v) is 5.77. The van der Waals surface area contributed by atoms with Crippen LogP contribution in [-0.2, 0) is 0 Å². The van der Waals surface area contributed by atoms with E-state index in [9.17, 15) is 5.11 Å². The zero-order valence-electron chi connectivity index (χ0n) is 9.48. The first-order chi connectivity index (χ1) is 7.56. The zero-order chi connectivity index (χ0) is 11.7. The highest BCUT2D eigenvalue weighted by atomic mass is 35.5. The number of halogens is 1. The van der Waals surface area contributed by atoms with E-state index in [1.165, 1.54) is 0 Å². The first kappa shape index (κ1) is 11.7. The minimum atomic E-state index is -0.499. The average Bonchev–Trinajstić information content (AvgIpc) is 2.18. The molecule has 0 amide bonds. The molecule has 1 unspecified atom stereocenters. The van der Waals surface area contributed by atoms with Crippen LogP contribution in [0.15, 0.2) is 18.2 Å². The number of likely N-dealkylation sites (N-methyl/N-ethyl adjacent to an activating group) is 1. The lowest BCUT2D eigenvalue weighted by Crippen LogP contribution is -2.51. The molecule has 1 aliphatic heterocycles. The number of aliphatic hydroxyl groups is 1. The lowest BCUT2D eigenvalue weighted by molar-refractivity contribution is 0.0388. The Morgan fingerprint density at radius 2 is 2.19 bits per heavy atom. The van der Waals surface area contributed by atoms with Crippen LogP contribution >= 0.6 is 11.6 Å². The van der Waals surface area contributed by atoms with Gasteiger partial charge in [-0.15, -0.1) is 0 Å². The molecule has 16 heavy (non-hydrogen) atoms. The van der Waals surface area contributed by atoms with Crippen molar-refractivity contribution in [1.29, 1.82) is 0 Å². The van der Waals surface area contributed by atoms with Gasteiger partial charge in [-0.1, -0.05) is 17.7 Å². The van der Waals surface area contributed by atoms with Gasteiger partial charge in [0.15, 0.2) is 0 Å². The molecule has 88 valence electrons. The van der Waals surface area contributed by atoms with Crippen LogP contribution in [0.25, 0.3) is 0 Å². The number of ether oxygens (including phenoxy) is 1. The lowest BCUT2D eigenvalue weighted by Gasteiger charge is -2.36. The Morgan fingerprint density at radius 3 is 2.69 bits per heavy atom. The normalized spacial score (nSPS) is 19.2. The molecule has 0 bridgehead atoms. The van der Waals surface area contributed by atoms with Crippen molar-refractivity contribution >= 4 is 11.6 Å². The van der Waals surface area contributed by atoms with Crippen molar-refractivity contribution in [2.75, 3.05) is 20.1 Å². The van der Waals surface area contributed by atoms with Crippen LogP contribution in [0.2, 0.25) is 5.02 Å². The standard InChI is InChI=1S/C12H16ClNO2/c1-8(15)9-3-4-12(11(13)5-9)16-10-6-14(2)7-10/h3-5,8,10,15H,6-7H2,1-2H3. The summed E-state index contributed by atoms with van der Waals surface area (Å²) >= 11 is 6.09. The maximum atomic E-state index is 9.41. The van der Waals surface area contributed by atoms with E-state index in [1.54, 1.807) is 13.0 Å². The van der Waals surface area contributed by atoms with Crippen molar-refractivity contribution in [2.45, 2.75) is 19.1 Å². The third-order valence-corrected chi connectivity index (χ3v) is 3.06. The van der Waals surface area contributed by atoms with Gasteiger partial charge in [-0.05, 0) is 31.7 Å². The Kier molecular flexibility index (Phi) is 3.38. The molecule has 2 rings (SSSR count). The number of hydrogen-bond acceptors (Lipinski definition) is 3. The molecule has 0 aliphatic carbocycles. The summed E-state index contributed by atoms with van der Waals surface area (Å²) in [6.45, 7) is 3.59. The average molecular weight is 242 g/mol. The summed E-state index contributed by atoms with van der Waals surface area (Å²) in [4.78, 5) is 2.18. The third-order valence-electron chi connectivity index (χ3n) is 2.76. The van der Waals surface area contributed by atoms with Crippen molar-refractivity contribution in [1.82, 2.24) is 4.90 Å². The monoisotopic (exact) mass is 241 g/mol. The van der Waals surface area contributed by atoms with E-state index < -0.39 is 6.10 Å². The van der Waals surface area contributed by atoms with Gasteiger partial charge in [0.2, 0.25) is 0 Å². The fraction of sp³-hybridized carbons (Fsp3) is 0.500. The minimum Gasteiger partial charge on any atom is -0.486 e. The van der Waals surface area contributed by atoms with Gasteiger partial charge in [0.05, 0.1) is 11.1 Å². The zero-order valence-corrected chi connectivity index (χ0v) is 10.2. The van der Waals surface area contributed by atoms with E-state index in [0.717, 1.165) is 18.7 Å². The van der Waals surface area contributed by atoms with Gasteiger partial charge in [0.25, 0.3) is 0 Å². The Morgan fingerprint density at radius 1 is 1.50 bits per heavy atom. The molecule has 4 heteroatoms. The number of likely N-dealkylation sites (tertiary alicyclic amines) is 1. The van der Waals surface area contributed by atoms with Crippen LogP contribution in [0.5, 0.6) is 5.75 Å². The van der Waals surface area contributed by atoms with Gasteiger partial charge in [-0.2, -0.15) is 0 Å². The number of hydrogen-bond donors (Lipinski definition) is 1. The molecular weight excluding hydrogens is 226 g/mol. The van der Waals surface area contributed by atoms with Crippen LogP contribution in [0, 0.1) is 0 Å².